The van der Waals surface area contributed by atoms with E-state index in [9.17, 15) is 5.11 Å². The number of aromatic hydroxyl groups is 1. The molecular formula is C15H18BrN3O2. The number of phenolic OH excluding ortho intramolecular Hbond substituents is 1. The molecule has 2 N–H and O–H groups in total. The van der Waals surface area contributed by atoms with Gasteiger partial charge in [-0.05, 0) is 48.8 Å². The Labute approximate surface area is 132 Å². The minimum Gasteiger partial charge on any atom is -0.503 e. The number of benzene rings is 1. The third kappa shape index (κ3) is 3.10. The van der Waals surface area contributed by atoms with Crippen molar-refractivity contribution < 1.29 is 9.84 Å². The maximum absolute atomic E-state index is 9.88. The summed E-state index contributed by atoms with van der Waals surface area (Å²) in [7, 11) is 1.51. The SMILES string of the molecule is CCNc1nc(-c2cc(Br)c(O)c(OC)c2)nc(C)c1C. The summed E-state index contributed by atoms with van der Waals surface area (Å²) in [6.07, 6.45) is 0. The molecular weight excluding hydrogens is 334 g/mol. The zero-order valence-corrected chi connectivity index (χ0v) is 14.1. The van der Waals surface area contributed by atoms with Crippen LogP contribution in [0.1, 0.15) is 18.2 Å². The second-order valence-corrected chi connectivity index (χ2v) is 5.50. The van der Waals surface area contributed by atoms with Gasteiger partial charge in [-0.15, -0.1) is 0 Å². The molecule has 0 aliphatic heterocycles. The second-order valence-electron chi connectivity index (χ2n) is 4.65. The van der Waals surface area contributed by atoms with Crippen molar-refractivity contribution in [2.75, 3.05) is 19.0 Å². The molecule has 0 aliphatic rings. The molecule has 0 spiro atoms. The van der Waals surface area contributed by atoms with E-state index >= 15 is 0 Å². The molecule has 2 rings (SSSR count). The number of ether oxygens (including phenoxy) is 1. The van der Waals surface area contributed by atoms with Crippen LogP contribution in [0.3, 0.4) is 0 Å². The summed E-state index contributed by atoms with van der Waals surface area (Å²) in [5.41, 5.74) is 2.73. The van der Waals surface area contributed by atoms with Gasteiger partial charge < -0.3 is 15.2 Å². The van der Waals surface area contributed by atoms with E-state index in [1.165, 1.54) is 7.11 Å². The maximum Gasteiger partial charge on any atom is 0.172 e. The van der Waals surface area contributed by atoms with Crippen molar-refractivity contribution >= 4 is 21.7 Å². The molecule has 0 bridgehead atoms. The van der Waals surface area contributed by atoms with Gasteiger partial charge in [0.25, 0.3) is 0 Å². The predicted molar refractivity (Wildman–Crippen MR) is 87.0 cm³/mol. The summed E-state index contributed by atoms with van der Waals surface area (Å²) in [6.45, 7) is 6.76. The molecule has 0 atom stereocenters. The molecule has 0 unspecified atom stereocenters. The van der Waals surface area contributed by atoms with Gasteiger partial charge in [0.2, 0.25) is 0 Å². The van der Waals surface area contributed by atoms with Crippen LogP contribution in [0.15, 0.2) is 16.6 Å². The lowest BCUT2D eigenvalue weighted by Crippen LogP contribution is -2.06. The summed E-state index contributed by atoms with van der Waals surface area (Å²) in [4.78, 5) is 9.08. The normalized spacial score (nSPS) is 10.5. The fourth-order valence-electron chi connectivity index (χ4n) is 1.96. The number of aryl methyl sites for hydroxylation is 1. The van der Waals surface area contributed by atoms with Crippen LogP contribution in [0, 0.1) is 13.8 Å². The van der Waals surface area contributed by atoms with Crippen molar-refractivity contribution in [3.63, 3.8) is 0 Å². The zero-order valence-electron chi connectivity index (χ0n) is 12.5. The molecule has 0 amide bonds. The average Bonchev–Trinajstić information content (AvgIpc) is 2.46. The van der Waals surface area contributed by atoms with Crippen molar-refractivity contribution in [3.8, 4) is 22.9 Å². The van der Waals surface area contributed by atoms with E-state index < -0.39 is 0 Å². The molecule has 1 heterocycles. The quantitative estimate of drug-likeness (QED) is 0.879. The molecule has 21 heavy (non-hydrogen) atoms. The minimum atomic E-state index is 0.0667. The Morgan fingerprint density at radius 3 is 2.62 bits per heavy atom. The molecule has 0 saturated carbocycles. The number of halogens is 1. The molecule has 0 aliphatic carbocycles. The standard InChI is InChI=1S/C15H18BrN3O2/c1-5-17-14-8(2)9(3)18-15(19-14)10-6-11(16)13(20)12(7-10)21-4/h6-7,20H,5H2,1-4H3,(H,17,18,19). The van der Waals surface area contributed by atoms with E-state index in [2.05, 4.69) is 31.2 Å². The Morgan fingerprint density at radius 1 is 1.29 bits per heavy atom. The summed E-state index contributed by atoms with van der Waals surface area (Å²) < 4.78 is 5.71. The lowest BCUT2D eigenvalue weighted by Gasteiger charge is -2.12. The summed E-state index contributed by atoms with van der Waals surface area (Å²) in [5, 5.41) is 13.1. The van der Waals surface area contributed by atoms with Gasteiger partial charge in [-0.25, -0.2) is 9.97 Å². The van der Waals surface area contributed by atoms with Gasteiger partial charge in [-0.2, -0.15) is 0 Å². The topological polar surface area (TPSA) is 67.3 Å². The lowest BCUT2D eigenvalue weighted by atomic mass is 10.1. The van der Waals surface area contributed by atoms with Crippen LogP contribution in [0.4, 0.5) is 5.82 Å². The molecule has 112 valence electrons. The summed E-state index contributed by atoms with van der Waals surface area (Å²) in [5.74, 6) is 1.86. The highest BCUT2D eigenvalue weighted by atomic mass is 79.9. The van der Waals surface area contributed by atoms with Crippen LogP contribution in [0.2, 0.25) is 0 Å². The summed E-state index contributed by atoms with van der Waals surface area (Å²) >= 11 is 3.32. The first-order valence-corrected chi connectivity index (χ1v) is 7.43. The van der Waals surface area contributed by atoms with Crippen LogP contribution < -0.4 is 10.1 Å². The number of hydrogen-bond acceptors (Lipinski definition) is 5. The summed E-state index contributed by atoms with van der Waals surface area (Å²) in [6, 6.07) is 3.50. The number of methoxy groups -OCH3 is 1. The molecule has 1 aromatic carbocycles. The van der Waals surface area contributed by atoms with E-state index in [1.807, 2.05) is 20.8 Å². The van der Waals surface area contributed by atoms with E-state index in [-0.39, 0.29) is 5.75 Å². The Kier molecular flexibility index (Phi) is 4.67. The lowest BCUT2D eigenvalue weighted by molar-refractivity contribution is 0.372. The number of hydrogen-bond donors (Lipinski definition) is 2. The Balaban J connectivity index is 2.59. The first kappa shape index (κ1) is 15.6. The van der Waals surface area contributed by atoms with Crippen LogP contribution in [0.25, 0.3) is 11.4 Å². The largest absolute Gasteiger partial charge is 0.503 e. The third-order valence-electron chi connectivity index (χ3n) is 3.24. The minimum absolute atomic E-state index is 0.0667. The number of rotatable bonds is 4. The molecule has 0 saturated heterocycles. The van der Waals surface area contributed by atoms with Crippen LogP contribution in [0.5, 0.6) is 11.5 Å². The first-order chi connectivity index (χ1) is 9.97. The van der Waals surface area contributed by atoms with Crippen LogP contribution in [-0.2, 0) is 0 Å². The number of anilines is 1. The van der Waals surface area contributed by atoms with Gasteiger partial charge in [-0.3, -0.25) is 0 Å². The fourth-order valence-corrected chi connectivity index (χ4v) is 2.40. The maximum atomic E-state index is 9.88. The van der Waals surface area contributed by atoms with Gasteiger partial charge in [0.15, 0.2) is 17.3 Å². The van der Waals surface area contributed by atoms with Gasteiger partial charge in [-0.1, -0.05) is 0 Å². The fraction of sp³-hybridized carbons (Fsp3) is 0.333. The molecule has 2 aromatic rings. The molecule has 0 radical (unpaired) electrons. The number of aromatic nitrogens is 2. The van der Waals surface area contributed by atoms with Gasteiger partial charge >= 0.3 is 0 Å². The van der Waals surface area contributed by atoms with E-state index in [0.29, 0.717) is 16.0 Å². The van der Waals surface area contributed by atoms with E-state index in [0.717, 1.165) is 29.2 Å². The average molecular weight is 352 g/mol. The monoisotopic (exact) mass is 351 g/mol. The molecule has 6 heteroatoms. The molecule has 0 fully saturated rings. The van der Waals surface area contributed by atoms with Gasteiger partial charge in [0.05, 0.1) is 11.6 Å². The highest BCUT2D eigenvalue weighted by Crippen LogP contribution is 2.38. The second kappa shape index (κ2) is 6.30. The Morgan fingerprint density at radius 2 is 2.00 bits per heavy atom. The van der Waals surface area contributed by atoms with Crippen LogP contribution >= 0.6 is 15.9 Å². The van der Waals surface area contributed by atoms with Crippen LogP contribution in [-0.4, -0.2) is 28.7 Å². The Hall–Kier alpha value is -1.82. The number of phenols is 1. The molecule has 5 nitrogen and oxygen atoms in total. The third-order valence-corrected chi connectivity index (χ3v) is 3.84. The van der Waals surface area contributed by atoms with Gasteiger partial charge in [0.1, 0.15) is 5.82 Å². The number of nitrogens with one attached hydrogen (secondary N) is 1. The van der Waals surface area contributed by atoms with Crippen molar-refractivity contribution in [1.29, 1.82) is 0 Å². The van der Waals surface area contributed by atoms with E-state index in [1.54, 1.807) is 12.1 Å². The van der Waals surface area contributed by atoms with E-state index in [4.69, 9.17) is 4.74 Å². The van der Waals surface area contributed by atoms with Crippen molar-refractivity contribution in [1.82, 2.24) is 9.97 Å². The smallest absolute Gasteiger partial charge is 0.172 e. The van der Waals surface area contributed by atoms with Crippen molar-refractivity contribution in [2.24, 2.45) is 0 Å². The zero-order chi connectivity index (χ0) is 15.6. The van der Waals surface area contributed by atoms with Crippen molar-refractivity contribution in [2.45, 2.75) is 20.8 Å². The van der Waals surface area contributed by atoms with Crippen molar-refractivity contribution in [3.05, 3.63) is 27.9 Å². The number of nitrogens with zero attached hydrogens (tertiary/aromatic N) is 2. The molecule has 1 aromatic heterocycles. The highest BCUT2D eigenvalue weighted by molar-refractivity contribution is 9.10. The predicted octanol–water partition coefficient (Wildman–Crippen LogP) is 3.67. The first-order valence-electron chi connectivity index (χ1n) is 6.63. The van der Waals surface area contributed by atoms with Gasteiger partial charge in [0, 0.05) is 23.4 Å². The highest BCUT2D eigenvalue weighted by Gasteiger charge is 2.14. The Bertz CT molecular complexity index is 674.